The molecule has 3 atom stereocenters. The number of rotatable bonds is 14. The molecule has 0 amide bonds. The molecule has 1 fully saturated rings. The molecule has 1 aliphatic rings. The Bertz CT molecular complexity index is 1120. The summed E-state index contributed by atoms with van der Waals surface area (Å²) in [5, 5.41) is 11.0. The van der Waals surface area contributed by atoms with Gasteiger partial charge in [0.05, 0.1) is 18.8 Å². The molecule has 1 saturated carbocycles. The maximum Gasteiger partial charge on any atom is 0.126 e. The van der Waals surface area contributed by atoms with Crippen LogP contribution in [-0.4, -0.2) is 33.0 Å². The highest BCUT2D eigenvalue weighted by Gasteiger charge is 2.08. The van der Waals surface area contributed by atoms with Crippen LogP contribution in [0.5, 0.6) is 0 Å². The Labute approximate surface area is 289 Å². The van der Waals surface area contributed by atoms with E-state index in [9.17, 15) is 4.39 Å². The highest BCUT2D eigenvalue weighted by atomic mass is 19.1. The molecule has 0 bridgehead atoms. The van der Waals surface area contributed by atoms with Crippen LogP contribution in [0.4, 0.5) is 4.39 Å². The number of nitriles is 1. The molecule has 5 heteroatoms. The Hall–Kier alpha value is -2.94. The van der Waals surface area contributed by atoms with E-state index in [1.807, 2.05) is 57.3 Å². The summed E-state index contributed by atoms with van der Waals surface area (Å²) < 4.78 is 24.1. The molecule has 1 aliphatic carbocycles. The zero-order valence-electron chi connectivity index (χ0n) is 32.0. The second kappa shape index (κ2) is 30.4. The van der Waals surface area contributed by atoms with Gasteiger partial charge < -0.3 is 14.8 Å². The van der Waals surface area contributed by atoms with E-state index in [0.29, 0.717) is 18.0 Å². The van der Waals surface area contributed by atoms with Gasteiger partial charge >= 0.3 is 0 Å². The van der Waals surface area contributed by atoms with E-state index < -0.39 is 0 Å². The van der Waals surface area contributed by atoms with Crippen LogP contribution in [-0.2, 0) is 9.47 Å². The minimum Gasteiger partial charge on any atom is -0.379 e. The summed E-state index contributed by atoms with van der Waals surface area (Å²) in [6.07, 6.45) is 14.2. The predicted octanol–water partition coefficient (Wildman–Crippen LogP) is 12.3. The van der Waals surface area contributed by atoms with Crippen molar-refractivity contribution < 1.29 is 13.9 Å². The van der Waals surface area contributed by atoms with Crippen molar-refractivity contribution in [2.75, 3.05) is 26.9 Å². The van der Waals surface area contributed by atoms with Crippen LogP contribution in [0.3, 0.4) is 0 Å². The minimum absolute atomic E-state index is 0.154. The van der Waals surface area contributed by atoms with E-state index in [1.54, 1.807) is 20.1 Å². The molecule has 2 aromatic rings. The Morgan fingerprint density at radius 2 is 1.60 bits per heavy atom. The first kappa shape index (κ1) is 46.2. The van der Waals surface area contributed by atoms with Crippen molar-refractivity contribution >= 4 is 0 Å². The van der Waals surface area contributed by atoms with E-state index >= 15 is 0 Å². The number of ether oxygens (including phenoxy) is 2. The molecule has 3 rings (SSSR count). The Morgan fingerprint density at radius 3 is 2.06 bits per heavy atom. The quantitative estimate of drug-likeness (QED) is 0.125. The van der Waals surface area contributed by atoms with Gasteiger partial charge in [0.1, 0.15) is 12.4 Å². The fraction of sp³-hybridized carbons (Fsp3) is 0.595. The van der Waals surface area contributed by atoms with Crippen LogP contribution >= 0.6 is 0 Å². The second-order valence-electron chi connectivity index (χ2n) is 12.0. The van der Waals surface area contributed by atoms with Crippen LogP contribution in [0.1, 0.15) is 129 Å². The van der Waals surface area contributed by atoms with Gasteiger partial charge in [-0.3, -0.25) is 0 Å². The monoisotopic (exact) mass is 653 g/mol. The summed E-state index contributed by atoms with van der Waals surface area (Å²) in [6.45, 7) is 26.8. The first-order valence-corrected chi connectivity index (χ1v) is 18.0. The number of halogens is 1. The lowest BCUT2D eigenvalue weighted by atomic mass is 9.93. The number of methoxy groups -OCH3 is 1. The van der Waals surface area contributed by atoms with Crippen LogP contribution in [0.2, 0.25) is 0 Å². The lowest BCUT2D eigenvalue weighted by molar-refractivity contribution is 0.0167. The number of allylic oxidation sites excluding steroid dienone is 2. The third-order valence-electron chi connectivity index (χ3n) is 8.04. The number of unbranched alkanes of at least 4 members (excludes halogenated alkanes) is 1. The summed E-state index contributed by atoms with van der Waals surface area (Å²) in [6, 6.07) is 13.7. The molecular weight excluding hydrogens is 583 g/mol. The van der Waals surface area contributed by atoms with Gasteiger partial charge in [-0.1, -0.05) is 110 Å². The van der Waals surface area contributed by atoms with Gasteiger partial charge in [0, 0.05) is 13.7 Å². The summed E-state index contributed by atoms with van der Waals surface area (Å²) in [4.78, 5) is 0. The van der Waals surface area contributed by atoms with Gasteiger partial charge in [-0.25, -0.2) is 4.39 Å². The van der Waals surface area contributed by atoms with Gasteiger partial charge in [0.15, 0.2) is 0 Å². The Kier molecular flexibility index (Phi) is 29.9. The molecule has 0 spiro atoms. The third kappa shape index (κ3) is 22.3. The molecule has 0 heterocycles. The summed E-state index contributed by atoms with van der Waals surface area (Å²) in [5.74, 6) is 1.02. The highest BCUT2D eigenvalue weighted by molar-refractivity contribution is 5.65. The SMILES string of the molecule is C=CC(C)c1ccc(-c2ccc(C)c(F)c2)cc1C.CC.CCC(C)CCCOCC(C)OC.CCCC.N#CCNC=C1CCC1. The lowest BCUT2D eigenvalue weighted by Gasteiger charge is -2.15. The van der Waals surface area contributed by atoms with Gasteiger partial charge in [0.2, 0.25) is 0 Å². The smallest absolute Gasteiger partial charge is 0.126 e. The molecule has 0 aliphatic heterocycles. The number of hydrogen-bond acceptors (Lipinski definition) is 4. The molecule has 266 valence electrons. The van der Waals surface area contributed by atoms with E-state index in [4.69, 9.17) is 14.7 Å². The largest absolute Gasteiger partial charge is 0.379 e. The normalized spacial score (nSPS) is 13.0. The first-order valence-electron chi connectivity index (χ1n) is 18.0. The van der Waals surface area contributed by atoms with Gasteiger partial charge in [-0.2, -0.15) is 5.26 Å². The number of aryl methyl sites for hydroxylation is 2. The molecule has 0 radical (unpaired) electrons. The van der Waals surface area contributed by atoms with Crippen molar-refractivity contribution in [3.8, 4) is 17.2 Å². The molecular formula is C42H69FN2O2. The summed E-state index contributed by atoms with van der Waals surface area (Å²) >= 11 is 0. The van der Waals surface area contributed by atoms with E-state index in [-0.39, 0.29) is 11.9 Å². The first-order chi connectivity index (χ1) is 22.6. The van der Waals surface area contributed by atoms with Gasteiger partial charge in [0.25, 0.3) is 0 Å². The van der Waals surface area contributed by atoms with E-state index in [0.717, 1.165) is 30.3 Å². The highest BCUT2D eigenvalue weighted by Crippen LogP contribution is 2.28. The van der Waals surface area contributed by atoms with Gasteiger partial charge in [-0.15, -0.1) is 6.58 Å². The average molecular weight is 653 g/mol. The van der Waals surface area contributed by atoms with Crippen LogP contribution in [0.25, 0.3) is 11.1 Å². The second-order valence-corrected chi connectivity index (χ2v) is 12.0. The van der Waals surface area contributed by atoms with Crippen molar-refractivity contribution in [1.82, 2.24) is 5.32 Å². The molecule has 3 unspecified atom stereocenters. The number of hydrogen-bond donors (Lipinski definition) is 1. The Morgan fingerprint density at radius 1 is 0.979 bits per heavy atom. The van der Waals surface area contributed by atoms with Crippen molar-refractivity contribution in [3.05, 3.63) is 83.3 Å². The Balaban J connectivity index is 0. The molecule has 0 saturated heterocycles. The number of nitrogens with one attached hydrogen (secondary N) is 1. The maximum absolute atomic E-state index is 13.6. The van der Waals surface area contributed by atoms with E-state index in [2.05, 4.69) is 65.6 Å². The molecule has 2 aromatic carbocycles. The number of nitrogens with zero attached hydrogens (tertiary/aromatic N) is 1. The fourth-order valence-corrected chi connectivity index (χ4v) is 4.09. The average Bonchev–Trinajstić information content (AvgIpc) is 3.07. The van der Waals surface area contributed by atoms with Crippen molar-refractivity contribution in [3.63, 3.8) is 0 Å². The van der Waals surface area contributed by atoms with Crippen molar-refractivity contribution in [2.45, 2.75) is 133 Å². The predicted molar refractivity (Wildman–Crippen MR) is 203 cm³/mol. The third-order valence-corrected chi connectivity index (χ3v) is 8.04. The lowest BCUT2D eigenvalue weighted by Crippen LogP contribution is -2.14. The van der Waals surface area contributed by atoms with E-state index in [1.165, 1.54) is 68.1 Å². The summed E-state index contributed by atoms with van der Waals surface area (Å²) in [5.41, 5.74) is 6.58. The zero-order chi connectivity index (χ0) is 36.0. The molecule has 0 aromatic heterocycles. The van der Waals surface area contributed by atoms with Gasteiger partial charge in [-0.05, 0) is 105 Å². The van der Waals surface area contributed by atoms with Crippen LogP contribution in [0.15, 0.2) is 60.8 Å². The van der Waals surface area contributed by atoms with Crippen LogP contribution in [0, 0.1) is 36.9 Å². The number of benzene rings is 2. The summed E-state index contributed by atoms with van der Waals surface area (Å²) in [7, 11) is 1.72. The minimum atomic E-state index is -0.154. The zero-order valence-corrected chi connectivity index (χ0v) is 32.0. The molecule has 4 nitrogen and oxygen atoms in total. The topological polar surface area (TPSA) is 54.3 Å². The fourth-order valence-electron chi connectivity index (χ4n) is 4.09. The standard InChI is InChI=1S/C18H19F.C11H24O2.C7H10N2.C4H10.C2H6/c1-5-12(2)17-9-8-15(10-14(17)4)16-7-6-13(3)18(19)11-16;1-5-10(2)7-6-8-13-9-11(3)12-4;8-4-5-9-6-7-2-1-3-7;1-3-4-2;1-2/h5-12H,1H2,2-4H3;10-11H,5-9H2,1-4H3;6,9H,1-3,5H2;3-4H2,1-2H3;1-2H3. The molecule has 47 heavy (non-hydrogen) atoms. The van der Waals surface area contributed by atoms with Crippen LogP contribution < -0.4 is 5.32 Å². The maximum atomic E-state index is 13.6. The van der Waals surface area contributed by atoms with Crippen molar-refractivity contribution in [2.24, 2.45) is 5.92 Å². The molecule has 1 N–H and O–H groups in total. The van der Waals surface area contributed by atoms with Crippen molar-refractivity contribution in [1.29, 1.82) is 5.26 Å².